The van der Waals surface area contributed by atoms with Crippen molar-refractivity contribution in [2.24, 2.45) is 0 Å². The molecule has 2 rings (SSSR count). The largest absolute Gasteiger partial charge is 0.383 e. The molecule has 20 heavy (non-hydrogen) atoms. The predicted molar refractivity (Wildman–Crippen MR) is 85.8 cm³/mol. The second-order valence-electron chi connectivity index (χ2n) is 4.51. The van der Waals surface area contributed by atoms with E-state index in [2.05, 4.69) is 47.6 Å². The van der Waals surface area contributed by atoms with E-state index >= 15 is 0 Å². The van der Waals surface area contributed by atoms with E-state index in [-0.39, 0.29) is 0 Å². The summed E-state index contributed by atoms with van der Waals surface area (Å²) in [5, 5.41) is 12.4. The summed E-state index contributed by atoms with van der Waals surface area (Å²) in [5.74, 6) is 0.931. The molecule has 0 aliphatic carbocycles. The van der Waals surface area contributed by atoms with Crippen LogP contribution in [0.4, 0.5) is 5.13 Å². The molecule has 0 amide bonds. The van der Waals surface area contributed by atoms with Crippen molar-refractivity contribution >= 4 is 28.2 Å². The second-order valence-corrected chi connectivity index (χ2v) is 6.71. The van der Waals surface area contributed by atoms with Gasteiger partial charge in [-0.05, 0) is 25.0 Å². The maximum atomic E-state index is 4.99. The van der Waals surface area contributed by atoms with Crippen molar-refractivity contribution in [3.63, 3.8) is 0 Å². The number of benzene rings is 1. The Kier molecular flexibility index (Phi) is 5.82. The number of methoxy groups -OCH3 is 1. The van der Waals surface area contributed by atoms with E-state index in [9.17, 15) is 0 Å². The zero-order valence-electron chi connectivity index (χ0n) is 12.0. The van der Waals surface area contributed by atoms with Crippen molar-refractivity contribution in [3.8, 4) is 0 Å². The van der Waals surface area contributed by atoms with Crippen LogP contribution in [0.1, 0.15) is 16.7 Å². The molecule has 1 aromatic carbocycles. The molecule has 0 spiro atoms. The second kappa shape index (κ2) is 7.61. The molecule has 2 aromatic rings. The molecule has 1 N–H and O–H groups in total. The highest BCUT2D eigenvalue weighted by Gasteiger charge is 2.06. The minimum absolute atomic E-state index is 0.671. The first-order valence-corrected chi connectivity index (χ1v) is 8.24. The third kappa shape index (κ3) is 4.47. The fourth-order valence-corrected chi connectivity index (χ4v) is 3.54. The molecule has 0 aliphatic rings. The third-order valence-corrected chi connectivity index (χ3v) is 4.91. The fourth-order valence-electron chi connectivity index (χ4n) is 1.69. The van der Waals surface area contributed by atoms with E-state index in [0.717, 1.165) is 21.8 Å². The SMILES string of the molecule is COCCNc1nnc(SCc2cc(C)ccc2C)s1. The normalized spacial score (nSPS) is 10.8. The highest BCUT2D eigenvalue weighted by Crippen LogP contribution is 2.29. The Balaban J connectivity index is 1.89. The molecule has 0 saturated carbocycles. The van der Waals surface area contributed by atoms with Gasteiger partial charge in [0.05, 0.1) is 6.61 Å². The van der Waals surface area contributed by atoms with Gasteiger partial charge in [0.2, 0.25) is 5.13 Å². The van der Waals surface area contributed by atoms with Crippen molar-refractivity contribution in [2.45, 2.75) is 23.9 Å². The number of anilines is 1. The van der Waals surface area contributed by atoms with Crippen LogP contribution in [-0.2, 0) is 10.5 Å². The van der Waals surface area contributed by atoms with Gasteiger partial charge in [-0.25, -0.2) is 0 Å². The number of rotatable bonds is 7. The Morgan fingerprint density at radius 1 is 1.30 bits per heavy atom. The Labute approximate surface area is 128 Å². The summed E-state index contributed by atoms with van der Waals surface area (Å²) in [6.07, 6.45) is 0. The topological polar surface area (TPSA) is 47.0 Å². The van der Waals surface area contributed by atoms with Gasteiger partial charge >= 0.3 is 0 Å². The van der Waals surface area contributed by atoms with E-state index in [1.165, 1.54) is 16.7 Å². The monoisotopic (exact) mass is 309 g/mol. The summed E-state index contributed by atoms with van der Waals surface area (Å²) in [4.78, 5) is 0. The summed E-state index contributed by atoms with van der Waals surface area (Å²) in [5.41, 5.74) is 3.98. The Morgan fingerprint density at radius 2 is 2.15 bits per heavy atom. The number of ether oxygens (including phenoxy) is 1. The highest BCUT2D eigenvalue weighted by atomic mass is 32.2. The van der Waals surface area contributed by atoms with E-state index in [1.54, 1.807) is 30.2 Å². The Bertz CT molecular complexity index is 557. The van der Waals surface area contributed by atoms with Gasteiger partial charge in [-0.1, -0.05) is 46.9 Å². The molecule has 0 atom stereocenters. The zero-order valence-corrected chi connectivity index (χ0v) is 13.6. The van der Waals surface area contributed by atoms with Crippen LogP contribution in [-0.4, -0.2) is 30.5 Å². The fraction of sp³-hybridized carbons (Fsp3) is 0.429. The van der Waals surface area contributed by atoms with Crippen molar-refractivity contribution in [1.82, 2.24) is 10.2 Å². The maximum Gasteiger partial charge on any atom is 0.206 e. The van der Waals surface area contributed by atoms with Crippen LogP contribution in [0.15, 0.2) is 22.5 Å². The van der Waals surface area contributed by atoms with Gasteiger partial charge in [-0.2, -0.15) is 0 Å². The van der Waals surface area contributed by atoms with Crippen LogP contribution in [0.2, 0.25) is 0 Å². The lowest BCUT2D eigenvalue weighted by Crippen LogP contribution is -2.06. The van der Waals surface area contributed by atoms with E-state index in [0.29, 0.717) is 6.61 Å². The molecular weight excluding hydrogens is 290 g/mol. The first-order chi connectivity index (χ1) is 9.69. The van der Waals surface area contributed by atoms with Crippen molar-refractivity contribution in [1.29, 1.82) is 0 Å². The first kappa shape index (κ1) is 15.3. The van der Waals surface area contributed by atoms with E-state index in [4.69, 9.17) is 4.74 Å². The number of hydrogen-bond acceptors (Lipinski definition) is 6. The van der Waals surface area contributed by atoms with Gasteiger partial charge in [0.15, 0.2) is 4.34 Å². The number of aromatic nitrogens is 2. The van der Waals surface area contributed by atoms with Crippen LogP contribution in [0.25, 0.3) is 0 Å². The summed E-state index contributed by atoms with van der Waals surface area (Å²) < 4.78 is 5.98. The Morgan fingerprint density at radius 3 is 2.95 bits per heavy atom. The summed E-state index contributed by atoms with van der Waals surface area (Å²) in [6.45, 7) is 5.70. The van der Waals surface area contributed by atoms with Crippen LogP contribution in [0, 0.1) is 13.8 Å². The van der Waals surface area contributed by atoms with Gasteiger partial charge in [0.25, 0.3) is 0 Å². The minimum Gasteiger partial charge on any atom is -0.383 e. The molecule has 1 aromatic heterocycles. The highest BCUT2D eigenvalue weighted by molar-refractivity contribution is 8.00. The average molecular weight is 309 g/mol. The van der Waals surface area contributed by atoms with Crippen LogP contribution < -0.4 is 5.32 Å². The molecule has 0 bridgehead atoms. The van der Waals surface area contributed by atoms with Gasteiger partial charge in [0, 0.05) is 19.4 Å². The molecule has 6 heteroatoms. The molecule has 1 heterocycles. The Hall–Kier alpha value is -1.11. The number of thioether (sulfide) groups is 1. The summed E-state index contributed by atoms with van der Waals surface area (Å²) in [7, 11) is 1.69. The number of nitrogens with zero attached hydrogens (tertiary/aromatic N) is 2. The average Bonchev–Trinajstić information content (AvgIpc) is 2.88. The lowest BCUT2D eigenvalue weighted by atomic mass is 10.1. The number of aryl methyl sites for hydroxylation is 2. The number of nitrogens with one attached hydrogen (secondary N) is 1. The molecule has 108 valence electrons. The molecular formula is C14H19N3OS2. The van der Waals surface area contributed by atoms with E-state index in [1.807, 2.05) is 0 Å². The maximum absolute atomic E-state index is 4.99. The quantitative estimate of drug-likeness (QED) is 0.626. The van der Waals surface area contributed by atoms with Crippen LogP contribution in [0.3, 0.4) is 0 Å². The molecule has 0 unspecified atom stereocenters. The van der Waals surface area contributed by atoms with Crippen molar-refractivity contribution in [2.75, 3.05) is 25.6 Å². The van der Waals surface area contributed by atoms with Gasteiger partial charge in [-0.3, -0.25) is 0 Å². The zero-order chi connectivity index (χ0) is 14.4. The summed E-state index contributed by atoms with van der Waals surface area (Å²) >= 11 is 3.32. The standard InChI is InChI=1S/C14H19N3OS2/c1-10-4-5-11(2)12(8-10)9-19-14-17-16-13(20-14)15-6-7-18-3/h4-5,8H,6-7,9H2,1-3H3,(H,15,16). The van der Waals surface area contributed by atoms with Gasteiger partial charge in [0.1, 0.15) is 0 Å². The molecule has 0 fully saturated rings. The molecule has 0 radical (unpaired) electrons. The first-order valence-electron chi connectivity index (χ1n) is 6.44. The van der Waals surface area contributed by atoms with E-state index < -0.39 is 0 Å². The lowest BCUT2D eigenvalue weighted by Gasteiger charge is -2.05. The molecule has 0 saturated heterocycles. The molecule has 0 aliphatic heterocycles. The van der Waals surface area contributed by atoms with Crippen LogP contribution in [0.5, 0.6) is 0 Å². The lowest BCUT2D eigenvalue weighted by molar-refractivity contribution is 0.211. The van der Waals surface area contributed by atoms with Crippen LogP contribution >= 0.6 is 23.1 Å². The predicted octanol–water partition coefficient (Wildman–Crippen LogP) is 3.51. The number of hydrogen-bond donors (Lipinski definition) is 1. The summed E-state index contributed by atoms with van der Waals surface area (Å²) in [6, 6.07) is 6.55. The molecule has 4 nitrogen and oxygen atoms in total. The van der Waals surface area contributed by atoms with Gasteiger partial charge in [-0.15, -0.1) is 10.2 Å². The van der Waals surface area contributed by atoms with Gasteiger partial charge < -0.3 is 10.1 Å². The third-order valence-electron chi connectivity index (χ3n) is 2.84. The smallest absolute Gasteiger partial charge is 0.206 e. The van der Waals surface area contributed by atoms with Crippen molar-refractivity contribution in [3.05, 3.63) is 34.9 Å². The van der Waals surface area contributed by atoms with Crippen molar-refractivity contribution < 1.29 is 4.74 Å². The minimum atomic E-state index is 0.671.